The van der Waals surface area contributed by atoms with Crippen LogP contribution in [0.2, 0.25) is 0 Å². The van der Waals surface area contributed by atoms with Crippen LogP contribution in [0.3, 0.4) is 0 Å². The van der Waals surface area contributed by atoms with E-state index < -0.39 is 6.09 Å². The molecule has 230 valence electrons. The van der Waals surface area contributed by atoms with Crippen LogP contribution in [0, 0.1) is 0 Å². The minimum Gasteiger partial charge on any atom is -0.453 e. The van der Waals surface area contributed by atoms with Crippen LogP contribution in [0.1, 0.15) is 43.5 Å². The van der Waals surface area contributed by atoms with E-state index in [2.05, 4.69) is 26.0 Å². The van der Waals surface area contributed by atoms with E-state index in [1.54, 1.807) is 0 Å². The zero-order chi connectivity index (χ0) is 31.1. The largest absolute Gasteiger partial charge is 0.453 e. The zero-order valence-electron chi connectivity index (χ0n) is 25.3. The molecule has 44 heavy (non-hydrogen) atoms. The maximum Gasteiger partial charge on any atom is 0.411 e. The van der Waals surface area contributed by atoms with Gasteiger partial charge in [0.2, 0.25) is 11.8 Å². The molecule has 3 aromatic carbocycles. The van der Waals surface area contributed by atoms with Gasteiger partial charge >= 0.3 is 6.09 Å². The molecule has 1 aliphatic rings. The minimum absolute atomic E-state index is 0.0566. The van der Waals surface area contributed by atoms with Gasteiger partial charge < -0.3 is 25.3 Å². The Morgan fingerprint density at radius 3 is 2.43 bits per heavy atom. The van der Waals surface area contributed by atoms with Gasteiger partial charge in [-0.3, -0.25) is 14.9 Å². The van der Waals surface area contributed by atoms with E-state index in [4.69, 9.17) is 10.7 Å². The third-order valence-corrected chi connectivity index (χ3v) is 8.07. The van der Waals surface area contributed by atoms with Crippen LogP contribution < -0.4 is 16.4 Å². The number of ether oxygens (including phenoxy) is 1. The lowest BCUT2D eigenvalue weighted by Gasteiger charge is -2.33. The van der Waals surface area contributed by atoms with Gasteiger partial charge in [-0.25, -0.2) is 9.78 Å². The average molecular weight is 597 g/mol. The lowest BCUT2D eigenvalue weighted by atomic mass is 9.95. The highest BCUT2D eigenvalue weighted by atomic mass is 16.5. The predicted molar refractivity (Wildman–Crippen MR) is 171 cm³/mol. The third kappa shape index (κ3) is 7.62. The van der Waals surface area contributed by atoms with Gasteiger partial charge in [-0.2, -0.15) is 0 Å². The molecule has 1 fully saturated rings. The lowest BCUT2D eigenvalue weighted by Crippen LogP contribution is -2.42. The van der Waals surface area contributed by atoms with Crippen molar-refractivity contribution in [2.24, 2.45) is 5.73 Å². The number of anilines is 1. The molecule has 0 spiro atoms. The molecule has 1 aromatic heterocycles. The molecule has 0 saturated carbocycles. The van der Waals surface area contributed by atoms with Crippen molar-refractivity contribution in [2.45, 2.75) is 51.1 Å². The molecule has 4 aromatic rings. The maximum atomic E-state index is 13.4. The Bertz CT molecular complexity index is 1600. The van der Waals surface area contributed by atoms with Crippen LogP contribution in [0.15, 0.2) is 72.8 Å². The summed E-state index contributed by atoms with van der Waals surface area (Å²) in [6.07, 6.45) is 2.23. The van der Waals surface area contributed by atoms with Crippen molar-refractivity contribution < 1.29 is 19.1 Å². The number of imidazole rings is 1. The Morgan fingerprint density at radius 2 is 1.73 bits per heavy atom. The molecule has 0 radical (unpaired) electrons. The number of fused-ring (bicyclic) bond motifs is 1. The van der Waals surface area contributed by atoms with Crippen LogP contribution >= 0.6 is 0 Å². The van der Waals surface area contributed by atoms with Gasteiger partial charge in [-0.15, -0.1) is 0 Å². The van der Waals surface area contributed by atoms with E-state index in [0.29, 0.717) is 31.7 Å². The summed E-state index contributed by atoms with van der Waals surface area (Å²) in [5.74, 6) is 1.10. The number of hydrogen-bond acceptors (Lipinski definition) is 6. The fourth-order valence-corrected chi connectivity index (χ4v) is 5.88. The van der Waals surface area contributed by atoms with Crippen LogP contribution in [-0.2, 0) is 27.3 Å². The number of likely N-dealkylation sites (tertiary alicyclic amines) is 1. The second-order valence-electron chi connectivity index (χ2n) is 11.3. The number of piperidine rings is 1. The van der Waals surface area contributed by atoms with Crippen LogP contribution in [0.5, 0.6) is 0 Å². The number of para-hydroxylation sites is 2. The Morgan fingerprint density at radius 1 is 1.02 bits per heavy atom. The van der Waals surface area contributed by atoms with Crippen molar-refractivity contribution in [3.05, 3.63) is 84.2 Å². The molecule has 10 nitrogen and oxygen atoms in total. The number of carbonyl (C=O) groups is 3. The first kappa shape index (κ1) is 30.7. The third-order valence-electron chi connectivity index (χ3n) is 8.07. The number of carbonyl (C=O) groups excluding carboxylic acids is 3. The summed E-state index contributed by atoms with van der Waals surface area (Å²) in [5, 5.41) is 5.53. The Balaban J connectivity index is 1.18. The topological polar surface area (TPSA) is 132 Å². The summed E-state index contributed by atoms with van der Waals surface area (Å²) in [5.41, 5.74) is 12.3. The number of methoxy groups -OCH3 is 1. The van der Waals surface area contributed by atoms with E-state index >= 15 is 0 Å². The lowest BCUT2D eigenvalue weighted by molar-refractivity contribution is -0.132. The standard InChI is InChI=1S/C34H40N6O4/c1-23(41)36-17-19-40-31-8-4-3-7-30(31)38-33(40)27-6-5-18-39(22-27)32(42)21-28(35)20-24-9-11-25(12-10-24)26-13-15-29(16-14-26)37-34(43)44-2/h3-4,7-16,27-28H,5-6,17-22,35H2,1-2H3,(H,36,41)(H,37,43)/t27-,28-/m1/s1. The van der Waals surface area contributed by atoms with E-state index in [9.17, 15) is 14.4 Å². The minimum atomic E-state index is -0.506. The van der Waals surface area contributed by atoms with Gasteiger partial charge in [-0.05, 0) is 60.2 Å². The molecule has 0 bridgehead atoms. The van der Waals surface area contributed by atoms with E-state index in [0.717, 1.165) is 52.9 Å². The fraction of sp³-hybridized carbons (Fsp3) is 0.353. The molecular formula is C34H40N6O4. The number of nitrogens with one attached hydrogen (secondary N) is 2. The summed E-state index contributed by atoms with van der Waals surface area (Å²) in [4.78, 5) is 43.1. The summed E-state index contributed by atoms with van der Waals surface area (Å²) < 4.78 is 6.82. The van der Waals surface area contributed by atoms with Crippen LogP contribution in [0.4, 0.5) is 10.5 Å². The summed E-state index contributed by atoms with van der Waals surface area (Å²) in [6, 6.07) is 23.4. The highest BCUT2D eigenvalue weighted by Crippen LogP contribution is 2.30. The fourth-order valence-electron chi connectivity index (χ4n) is 5.88. The number of nitrogens with zero attached hydrogens (tertiary/aromatic N) is 3. The first-order valence-electron chi connectivity index (χ1n) is 15.1. The molecule has 5 rings (SSSR count). The maximum absolute atomic E-state index is 13.4. The molecule has 3 amide bonds. The van der Waals surface area contributed by atoms with Gasteiger partial charge in [0.25, 0.3) is 0 Å². The van der Waals surface area contributed by atoms with E-state index in [1.807, 2.05) is 71.6 Å². The predicted octanol–water partition coefficient (Wildman–Crippen LogP) is 4.68. The van der Waals surface area contributed by atoms with Crippen LogP contribution in [0.25, 0.3) is 22.2 Å². The molecule has 1 aliphatic heterocycles. The zero-order valence-corrected chi connectivity index (χ0v) is 25.3. The molecular weight excluding hydrogens is 556 g/mol. The van der Waals surface area contributed by atoms with E-state index in [1.165, 1.54) is 14.0 Å². The summed E-state index contributed by atoms with van der Waals surface area (Å²) in [6.45, 7) is 4.00. The summed E-state index contributed by atoms with van der Waals surface area (Å²) >= 11 is 0. The van der Waals surface area contributed by atoms with Crippen molar-refractivity contribution >= 4 is 34.6 Å². The number of amides is 3. The van der Waals surface area contributed by atoms with Crippen molar-refractivity contribution in [1.82, 2.24) is 19.8 Å². The molecule has 4 N–H and O–H groups in total. The van der Waals surface area contributed by atoms with Crippen molar-refractivity contribution in [3.63, 3.8) is 0 Å². The van der Waals surface area contributed by atoms with Crippen molar-refractivity contribution in [2.75, 3.05) is 32.1 Å². The highest BCUT2D eigenvalue weighted by Gasteiger charge is 2.29. The molecule has 2 atom stereocenters. The second kappa shape index (κ2) is 14.2. The van der Waals surface area contributed by atoms with Gasteiger partial charge in [0.15, 0.2) is 0 Å². The molecule has 2 heterocycles. The van der Waals surface area contributed by atoms with Gasteiger partial charge in [-0.1, -0.05) is 48.5 Å². The number of nitrogens with two attached hydrogens (primary N) is 1. The number of rotatable bonds is 10. The second-order valence-corrected chi connectivity index (χ2v) is 11.3. The molecule has 10 heteroatoms. The first-order valence-corrected chi connectivity index (χ1v) is 15.1. The van der Waals surface area contributed by atoms with Crippen LogP contribution in [-0.4, -0.2) is 65.1 Å². The summed E-state index contributed by atoms with van der Waals surface area (Å²) in [7, 11) is 1.33. The normalized spacial score (nSPS) is 15.5. The number of aromatic nitrogens is 2. The van der Waals surface area contributed by atoms with Gasteiger partial charge in [0.1, 0.15) is 5.82 Å². The Hall–Kier alpha value is -4.70. The number of hydrogen-bond donors (Lipinski definition) is 3. The van der Waals surface area contributed by atoms with E-state index in [-0.39, 0.29) is 30.2 Å². The molecule has 0 unspecified atom stereocenters. The SMILES string of the molecule is COC(=O)Nc1ccc(-c2ccc(C[C@@H](N)CC(=O)N3CCC[C@@H](c4nc5ccccc5n4CCNC(C)=O)C3)cc2)cc1. The van der Waals surface area contributed by atoms with Gasteiger partial charge in [0, 0.05) is 57.2 Å². The first-order chi connectivity index (χ1) is 21.3. The highest BCUT2D eigenvalue weighted by molar-refractivity contribution is 5.85. The Labute approximate surface area is 257 Å². The number of benzene rings is 3. The molecule has 0 aliphatic carbocycles. The van der Waals surface area contributed by atoms with Crippen molar-refractivity contribution in [3.8, 4) is 11.1 Å². The smallest absolute Gasteiger partial charge is 0.411 e. The quantitative estimate of drug-likeness (QED) is 0.244. The van der Waals surface area contributed by atoms with Gasteiger partial charge in [0.05, 0.1) is 18.1 Å². The molecule has 1 saturated heterocycles. The monoisotopic (exact) mass is 596 g/mol. The Kier molecular flexibility index (Phi) is 9.91. The average Bonchev–Trinajstić information content (AvgIpc) is 3.40. The van der Waals surface area contributed by atoms with Crippen molar-refractivity contribution in [1.29, 1.82) is 0 Å².